The Morgan fingerprint density at radius 3 is 0.811 bits per heavy atom. The van der Waals surface area contributed by atoms with Gasteiger partial charge in [-0.15, -0.1) is 11.3 Å². The maximum Gasteiger partial charge on any atom is 0.235 e. The Morgan fingerprint density at radius 1 is 0.154 bits per heavy atom. The van der Waals surface area contributed by atoms with Gasteiger partial charge in [0.05, 0.1) is 100 Å². The average Bonchev–Trinajstić information content (AvgIpc) is 1.56. The molecule has 0 radical (unpaired) electrons. The van der Waals surface area contributed by atoms with Gasteiger partial charge in [-0.3, -0.25) is 13.7 Å². The van der Waals surface area contributed by atoms with Gasteiger partial charge in [-0.1, -0.05) is 364 Å². The zero-order chi connectivity index (χ0) is 94.1. The van der Waals surface area contributed by atoms with Crippen molar-refractivity contribution in [1.82, 2.24) is 57.3 Å². The van der Waals surface area contributed by atoms with Crippen LogP contribution in [0.2, 0.25) is 0 Å². The summed E-state index contributed by atoms with van der Waals surface area (Å²) in [5.74, 6) is 1.96. The molecule has 0 N–H and O–H groups in total. The molecule has 12 nitrogen and oxygen atoms in total. The zero-order valence-electron chi connectivity index (χ0n) is 77.1. The smallest absolute Gasteiger partial charge is 0.235 e. The van der Waals surface area contributed by atoms with Crippen molar-refractivity contribution in [3.8, 4) is 102 Å². The van der Waals surface area contributed by atoms with Crippen LogP contribution in [0.5, 0.6) is 0 Å². The molecule has 0 aliphatic heterocycles. The van der Waals surface area contributed by atoms with E-state index in [1.54, 1.807) is 0 Å². The number of para-hydroxylation sites is 10. The fourth-order valence-electron chi connectivity index (χ4n) is 21.8. The normalized spacial score (nSPS) is 11.8. The Morgan fingerprint density at radius 2 is 0.427 bits per heavy atom. The average molecular weight is 1840 g/mol. The molecule has 13 heteroatoms. The van der Waals surface area contributed by atoms with Crippen LogP contribution in [0.1, 0.15) is 0 Å². The second-order valence-corrected chi connectivity index (χ2v) is 37.4. The summed E-state index contributed by atoms with van der Waals surface area (Å²) in [4.78, 5) is 31.8. The summed E-state index contributed by atoms with van der Waals surface area (Å²) in [6.45, 7) is 0. The maximum absolute atomic E-state index is 5.45. The van der Waals surface area contributed by atoms with Crippen molar-refractivity contribution in [2.45, 2.75) is 0 Å². The molecule has 0 saturated heterocycles. The van der Waals surface area contributed by atoms with Crippen molar-refractivity contribution < 1.29 is 0 Å². The lowest BCUT2D eigenvalue weighted by molar-refractivity contribution is 0.995. The highest BCUT2D eigenvalue weighted by Gasteiger charge is 2.28. The van der Waals surface area contributed by atoms with Crippen molar-refractivity contribution in [1.29, 1.82) is 0 Å². The third kappa shape index (κ3) is 13.8. The minimum absolute atomic E-state index is 0.650. The number of nitrogens with zero attached hydrogens (tertiary/aromatic N) is 12. The van der Waals surface area contributed by atoms with Crippen LogP contribution in [-0.2, 0) is 0 Å². The highest BCUT2D eigenvalue weighted by Crippen LogP contribution is 2.48. The highest BCUT2D eigenvalue weighted by atomic mass is 32.1. The largest absolute Gasteiger partial charge is 0.309 e. The van der Waals surface area contributed by atoms with Gasteiger partial charge in [0.15, 0.2) is 0 Å². The van der Waals surface area contributed by atoms with E-state index in [0.717, 1.165) is 134 Å². The van der Waals surface area contributed by atoms with Gasteiger partial charge < -0.3 is 13.7 Å². The molecule has 0 spiro atoms. The number of benzene rings is 20. The van der Waals surface area contributed by atoms with Gasteiger partial charge >= 0.3 is 0 Å². The number of aromatic nitrogens is 12. The maximum atomic E-state index is 5.45. The minimum Gasteiger partial charge on any atom is -0.309 e. The molecule has 30 rings (SSSR count). The predicted molar refractivity (Wildman–Crippen MR) is 595 cm³/mol. The van der Waals surface area contributed by atoms with Crippen molar-refractivity contribution in [2.24, 2.45) is 0 Å². The molecular weight excluding hydrogens is 1760 g/mol. The number of fused-ring (bicyclic) bond motifs is 22. The molecule has 0 amide bonds. The lowest BCUT2D eigenvalue weighted by Crippen LogP contribution is -2.04. The molecule has 0 unspecified atom stereocenters. The van der Waals surface area contributed by atoms with E-state index in [4.69, 9.17) is 29.9 Å². The Balaban J connectivity index is 0.000000105. The van der Waals surface area contributed by atoms with E-state index in [-0.39, 0.29) is 0 Å². The Labute approximate surface area is 824 Å². The van der Waals surface area contributed by atoms with Crippen LogP contribution in [0, 0.1) is 0 Å². The highest BCUT2D eigenvalue weighted by molar-refractivity contribution is 7.26. The molecular formula is C130H82N12S. The van der Waals surface area contributed by atoms with Crippen LogP contribution in [0.4, 0.5) is 0 Å². The van der Waals surface area contributed by atoms with Crippen molar-refractivity contribution in [2.75, 3.05) is 0 Å². The standard InChI is InChI=1S/C46H28N4S.C44H28N4.C40H26N4/c1-3-14-29(15-4-1)38-27-39(35-22-13-21-34-33-20-9-12-25-44(33)51-45(34)35)48-46(47-38)50-41-24-11-8-19-32(41)37-26-36-31-18-7-10-23-40(31)49(42(36)28-43(37)50)30-16-5-2-6-17-30;1-3-13-29(14-4-1)30-23-25-31(26-24-30)43-35-19-7-10-20-38(35)45-44(46-43)48-40-22-12-9-18-34(40)37-27-36-33-17-8-11-21-39(33)47(41(36)28-42(37)48)32-15-5-2-6-16-32;1-4-14-27(15-5-1)34-25-35(28-16-6-2-7-17-28)42-40(41-34)44-37-23-13-11-21-31(37)33-24-32-30-20-10-12-22-36(30)43(38(32)26-39(33)44)29-18-8-3-9-19-29/h1-28H;1-28H;1-26H. The lowest BCUT2D eigenvalue weighted by Gasteiger charge is -2.13. The number of thiophene rings is 1. The van der Waals surface area contributed by atoms with Crippen molar-refractivity contribution in [3.63, 3.8) is 0 Å². The monoisotopic (exact) mass is 1840 g/mol. The van der Waals surface area contributed by atoms with Gasteiger partial charge in [0.2, 0.25) is 17.8 Å². The van der Waals surface area contributed by atoms with Gasteiger partial charge in [0.1, 0.15) is 0 Å². The Kier molecular flexibility index (Phi) is 19.5. The fraction of sp³-hybridized carbons (Fsp3) is 0. The molecule has 20 aromatic carbocycles. The van der Waals surface area contributed by atoms with Gasteiger partial charge in [0.25, 0.3) is 0 Å². The van der Waals surface area contributed by atoms with Crippen molar-refractivity contribution >= 4 is 173 Å². The van der Waals surface area contributed by atoms with E-state index in [9.17, 15) is 0 Å². The third-order valence-electron chi connectivity index (χ3n) is 28.2. The van der Waals surface area contributed by atoms with E-state index in [0.29, 0.717) is 17.8 Å². The first-order valence-corrected chi connectivity index (χ1v) is 49.1. The lowest BCUT2D eigenvalue weighted by atomic mass is 10.0. The molecule has 30 aromatic rings. The number of hydrogen-bond acceptors (Lipinski definition) is 7. The topological polar surface area (TPSA) is 107 Å². The summed E-state index contributed by atoms with van der Waals surface area (Å²) < 4.78 is 16.4. The van der Waals surface area contributed by atoms with Crippen LogP contribution in [0.25, 0.3) is 264 Å². The fourth-order valence-corrected chi connectivity index (χ4v) is 23.0. The van der Waals surface area contributed by atoms with Crippen LogP contribution in [0.15, 0.2) is 497 Å². The van der Waals surface area contributed by atoms with Crippen LogP contribution < -0.4 is 0 Å². The molecule has 10 aromatic heterocycles. The summed E-state index contributed by atoms with van der Waals surface area (Å²) in [6.07, 6.45) is 0. The molecule has 0 aliphatic carbocycles. The summed E-state index contributed by atoms with van der Waals surface area (Å²) in [7, 11) is 0. The minimum atomic E-state index is 0.650. The van der Waals surface area contributed by atoms with Crippen LogP contribution >= 0.6 is 11.3 Å². The number of rotatable bonds is 12. The van der Waals surface area contributed by atoms with Crippen molar-refractivity contribution in [3.05, 3.63) is 497 Å². The summed E-state index contributed by atoms with van der Waals surface area (Å²) in [6, 6.07) is 176. The SMILES string of the molecule is c1ccc(-c2cc(-c3cccc4c3sc3ccccc34)nc(-n3c4ccccc4c4cc5c6ccccc6n(-c6ccccc6)c5cc43)n2)cc1.c1ccc(-c2cc(-c3ccccc3)nc(-n3c4ccccc4c4cc5c6ccccc6n(-c6ccccc6)c5cc43)n2)cc1.c1ccc(-c2ccc(-c3nc(-n4c5ccccc5c5cc6c7ccccc7n(-c7ccccc7)c6cc54)nc4ccccc34)cc2)cc1. The molecule has 0 fully saturated rings. The van der Waals surface area contributed by atoms with Crippen LogP contribution in [0.3, 0.4) is 0 Å². The van der Waals surface area contributed by atoms with E-state index in [1.165, 1.54) is 112 Å². The first kappa shape index (κ1) is 82.2. The predicted octanol–water partition coefficient (Wildman–Crippen LogP) is 33.5. The Bertz CT molecular complexity index is 10200. The van der Waals surface area contributed by atoms with Crippen LogP contribution in [-0.4, -0.2) is 57.3 Å². The van der Waals surface area contributed by atoms with E-state index < -0.39 is 0 Å². The van der Waals surface area contributed by atoms with E-state index in [2.05, 4.69) is 507 Å². The molecule has 0 bridgehead atoms. The molecule has 143 heavy (non-hydrogen) atoms. The second-order valence-electron chi connectivity index (χ2n) is 36.4. The second kappa shape index (κ2) is 34.0. The van der Waals surface area contributed by atoms with Gasteiger partial charge in [-0.05, 0) is 145 Å². The number of hydrogen-bond donors (Lipinski definition) is 0. The summed E-state index contributed by atoms with van der Waals surface area (Å²) >= 11 is 1.83. The first-order valence-electron chi connectivity index (χ1n) is 48.3. The molecule has 10 heterocycles. The molecule has 0 atom stereocenters. The van der Waals surface area contributed by atoms with Gasteiger partial charge in [-0.2, -0.15) is 0 Å². The molecule has 668 valence electrons. The molecule has 0 saturated carbocycles. The first-order chi connectivity index (χ1) is 70.9. The quantitative estimate of drug-likeness (QED) is 0.121. The molecule has 0 aliphatic rings. The Hall–Kier alpha value is -19.1. The zero-order valence-corrected chi connectivity index (χ0v) is 77.9. The van der Waals surface area contributed by atoms with Gasteiger partial charge in [-0.25, -0.2) is 29.9 Å². The van der Waals surface area contributed by atoms with Gasteiger partial charge in [0, 0.05) is 135 Å². The van der Waals surface area contributed by atoms with E-state index >= 15 is 0 Å². The summed E-state index contributed by atoms with van der Waals surface area (Å²) in [5.41, 5.74) is 30.0. The van der Waals surface area contributed by atoms with E-state index in [1.807, 2.05) is 29.5 Å². The summed E-state index contributed by atoms with van der Waals surface area (Å²) in [5, 5.41) is 18.0. The third-order valence-corrected chi connectivity index (χ3v) is 29.4.